The van der Waals surface area contributed by atoms with Crippen molar-refractivity contribution < 1.29 is 4.79 Å². The monoisotopic (exact) mass is 398 g/mol. The van der Waals surface area contributed by atoms with E-state index in [9.17, 15) is 4.79 Å². The Labute approximate surface area is 162 Å². The molecule has 0 fully saturated rings. The third-order valence-corrected chi connectivity index (χ3v) is 4.87. The molecule has 134 valence electrons. The number of nitrogens with one attached hydrogen (secondary N) is 1. The molecule has 1 aromatic carbocycles. The van der Waals surface area contributed by atoms with E-state index in [0.29, 0.717) is 27.4 Å². The quantitative estimate of drug-likeness (QED) is 0.525. The standard InChI is InChI=1S/C16H11ClN8OS/c17-11-7-9(1-2-13(11)27-25-6-5-20-24-25)21-15-10-3-4-19-8-12(10)22-16(23-15)14(18)26/h1-8H,(H2,18,26)(H,21,22,23). The van der Waals surface area contributed by atoms with Crippen molar-refractivity contribution in [1.82, 2.24) is 29.4 Å². The highest BCUT2D eigenvalue weighted by molar-refractivity contribution is 7.97. The molecule has 4 rings (SSSR count). The summed E-state index contributed by atoms with van der Waals surface area (Å²) in [6.07, 6.45) is 6.47. The number of amides is 1. The lowest BCUT2D eigenvalue weighted by Gasteiger charge is -2.11. The van der Waals surface area contributed by atoms with Gasteiger partial charge < -0.3 is 11.1 Å². The van der Waals surface area contributed by atoms with Crippen LogP contribution in [0.1, 0.15) is 10.6 Å². The van der Waals surface area contributed by atoms with Gasteiger partial charge in [-0.3, -0.25) is 9.78 Å². The van der Waals surface area contributed by atoms with Gasteiger partial charge in [-0.25, -0.2) is 9.97 Å². The average Bonchev–Trinajstić information content (AvgIpc) is 3.17. The van der Waals surface area contributed by atoms with Crippen molar-refractivity contribution >= 4 is 51.9 Å². The normalized spacial score (nSPS) is 10.9. The van der Waals surface area contributed by atoms with E-state index in [2.05, 4.69) is 30.6 Å². The molecule has 0 unspecified atom stereocenters. The molecule has 0 atom stereocenters. The second-order valence-corrected chi connectivity index (χ2v) is 6.72. The summed E-state index contributed by atoms with van der Waals surface area (Å²) in [4.78, 5) is 24.7. The van der Waals surface area contributed by atoms with Crippen LogP contribution in [0.4, 0.5) is 11.5 Å². The fraction of sp³-hybridized carbons (Fsp3) is 0. The highest BCUT2D eigenvalue weighted by Crippen LogP contribution is 2.32. The largest absolute Gasteiger partial charge is 0.363 e. The second-order valence-electron chi connectivity index (χ2n) is 5.32. The van der Waals surface area contributed by atoms with Gasteiger partial charge in [-0.1, -0.05) is 16.8 Å². The van der Waals surface area contributed by atoms with Crippen LogP contribution in [0.25, 0.3) is 10.9 Å². The summed E-state index contributed by atoms with van der Waals surface area (Å²) in [7, 11) is 0. The maximum absolute atomic E-state index is 11.5. The van der Waals surface area contributed by atoms with Crippen LogP contribution in [0.2, 0.25) is 5.02 Å². The molecule has 3 aromatic heterocycles. The number of hydrogen-bond acceptors (Lipinski definition) is 8. The highest BCUT2D eigenvalue weighted by atomic mass is 35.5. The number of fused-ring (bicyclic) bond motifs is 1. The number of halogens is 1. The minimum absolute atomic E-state index is 0.0949. The summed E-state index contributed by atoms with van der Waals surface area (Å²) < 4.78 is 1.60. The number of carbonyl (C=O) groups excluding carboxylic acids is 1. The number of pyridine rings is 1. The summed E-state index contributed by atoms with van der Waals surface area (Å²) in [5.74, 6) is -0.382. The van der Waals surface area contributed by atoms with Gasteiger partial charge in [0, 0.05) is 34.1 Å². The average molecular weight is 399 g/mol. The number of primary amides is 1. The molecule has 9 nitrogen and oxygen atoms in total. The summed E-state index contributed by atoms with van der Waals surface area (Å²) in [5, 5.41) is 12.0. The Morgan fingerprint density at radius 2 is 2.11 bits per heavy atom. The Bertz CT molecular complexity index is 1130. The van der Waals surface area contributed by atoms with E-state index in [-0.39, 0.29) is 5.82 Å². The van der Waals surface area contributed by atoms with Crippen LogP contribution in [-0.4, -0.2) is 35.3 Å². The van der Waals surface area contributed by atoms with E-state index < -0.39 is 5.91 Å². The maximum Gasteiger partial charge on any atom is 0.286 e. The van der Waals surface area contributed by atoms with Crippen LogP contribution < -0.4 is 11.1 Å². The molecular formula is C16H11ClN8OS. The lowest BCUT2D eigenvalue weighted by atomic mass is 10.2. The van der Waals surface area contributed by atoms with Crippen LogP contribution in [0, 0.1) is 0 Å². The van der Waals surface area contributed by atoms with Crippen LogP contribution in [0.3, 0.4) is 0 Å². The summed E-state index contributed by atoms with van der Waals surface area (Å²) in [6.45, 7) is 0. The van der Waals surface area contributed by atoms with Crippen LogP contribution in [-0.2, 0) is 0 Å². The first-order valence-electron chi connectivity index (χ1n) is 7.63. The number of hydrogen-bond donors (Lipinski definition) is 2. The predicted octanol–water partition coefficient (Wildman–Crippen LogP) is 2.67. The molecule has 1 amide bonds. The van der Waals surface area contributed by atoms with Gasteiger partial charge in [-0.15, -0.1) is 5.10 Å². The van der Waals surface area contributed by atoms with Crippen LogP contribution in [0.15, 0.2) is 53.9 Å². The van der Waals surface area contributed by atoms with Gasteiger partial charge in [0.1, 0.15) is 5.82 Å². The fourth-order valence-corrected chi connectivity index (χ4v) is 3.28. The van der Waals surface area contributed by atoms with Crippen molar-refractivity contribution in [3.63, 3.8) is 0 Å². The van der Waals surface area contributed by atoms with E-state index in [1.54, 1.807) is 41.0 Å². The molecule has 0 saturated heterocycles. The Balaban J connectivity index is 1.67. The number of benzene rings is 1. The Morgan fingerprint density at radius 1 is 1.22 bits per heavy atom. The number of carbonyl (C=O) groups is 1. The summed E-state index contributed by atoms with van der Waals surface area (Å²) in [6, 6.07) is 7.18. The molecule has 0 aliphatic carbocycles. The topological polar surface area (TPSA) is 124 Å². The van der Waals surface area contributed by atoms with Crippen LogP contribution in [0.5, 0.6) is 0 Å². The van der Waals surface area contributed by atoms with Crippen molar-refractivity contribution in [3.8, 4) is 0 Å². The minimum atomic E-state index is -0.721. The molecule has 11 heteroatoms. The molecule has 0 aliphatic rings. The fourth-order valence-electron chi connectivity index (χ4n) is 2.32. The smallest absolute Gasteiger partial charge is 0.286 e. The third-order valence-electron chi connectivity index (χ3n) is 3.51. The first-order chi connectivity index (χ1) is 13.1. The second kappa shape index (κ2) is 7.17. The van der Waals surface area contributed by atoms with Gasteiger partial charge in [-0.05, 0) is 24.3 Å². The molecule has 4 aromatic rings. The molecule has 0 bridgehead atoms. The Morgan fingerprint density at radius 3 is 2.85 bits per heavy atom. The highest BCUT2D eigenvalue weighted by Gasteiger charge is 2.12. The lowest BCUT2D eigenvalue weighted by molar-refractivity contribution is 0.0991. The SMILES string of the molecule is NC(=O)c1nc(Nc2ccc(Sn3ccnn3)c(Cl)c2)c2ccncc2n1. The van der Waals surface area contributed by atoms with Crippen molar-refractivity contribution in [1.29, 1.82) is 0 Å². The molecular weight excluding hydrogens is 388 g/mol. The molecule has 0 saturated carbocycles. The molecule has 27 heavy (non-hydrogen) atoms. The van der Waals surface area contributed by atoms with E-state index >= 15 is 0 Å². The van der Waals surface area contributed by atoms with Gasteiger partial charge in [0.05, 0.1) is 29.1 Å². The van der Waals surface area contributed by atoms with Crippen molar-refractivity contribution in [2.75, 3.05) is 5.32 Å². The molecule has 3 N–H and O–H groups in total. The number of nitrogens with two attached hydrogens (primary N) is 1. The molecule has 3 heterocycles. The van der Waals surface area contributed by atoms with Gasteiger partial charge in [0.15, 0.2) is 0 Å². The van der Waals surface area contributed by atoms with E-state index in [4.69, 9.17) is 17.3 Å². The van der Waals surface area contributed by atoms with Crippen molar-refractivity contribution in [2.45, 2.75) is 4.90 Å². The van der Waals surface area contributed by atoms with Crippen molar-refractivity contribution in [3.05, 3.63) is 59.9 Å². The van der Waals surface area contributed by atoms with Gasteiger partial charge >= 0.3 is 0 Å². The van der Waals surface area contributed by atoms with E-state index in [1.807, 2.05) is 12.1 Å². The third kappa shape index (κ3) is 3.66. The number of rotatable bonds is 5. The number of aromatic nitrogens is 6. The van der Waals surface area contributed by atoms with Crippen molar-refractivity contribution in [2.24, 2.45) is 5.73 Å². The number of nitrogens with zero attached hydrogens (tertiary/aromatic N) is 6. The van der Waals surface area contributed by atoms with E-state index in [0.717, 1.165) is 4.90 Å². The Kier molecular flexibility index (Phi) is 4.57. The first kappa shape index (κ1) is 17.2. The summed E-state index contributed by atoms with van der Waals surface area (Å²) in [5.41, 5.74) is 6.52. The Hall–Kier alpha value is -3.24. The lowest BCUT2D eigenvalue weighted by Crippen LogP contribution is -2.16. The minimum Gasteiger partial charge on any atom is -0.363 e. The van der Waals surface area contributed by atoms with Crippen LogP contribution >= 0.6 is 23.5 Å². The van der Waals surface area contributed by atoms with Gasteiger partial charge in [-0.2, -0.15) is 4.09 Å². The predicted molar refractivity (Wildman–Crippen MR) is 102 cm³/mol. The zero-order valence-electron chi connectivity index (χ0n) is 13.6. The zero-order valence-corrected chi connectivity index (χ0v) is 15.1. The van der Waals surface area contributed by atoms with E-state index in [1.165, 1.54) is 11.9 Å². The number of anilines is 2. The zero-order chi connectivity index (χ0) is 18.8. The molecule has 0 radical (unpaired) electrons. The van der Waals surface area contributed by atoms with Gasteiger partial charge in [0.25, 0.3) is 5.91 Å². The molecule has 0 aliphatic heterocycles. The summed E-state index contributed by atoms with van der Waals surface area (Å²) >= 11 is 7.71. The first-order valence-corrected chi connectivity index (χ1v) is 8.78. The molecule has 0 spiro atoms. The maximum atomic E-state index is 11.5. The van der Waals surface area contributed by atoms with Gasteiger partial charge in [0.2, 0.25) is 5.82 Å².